The van der Waals surface area contributed by atoms with Gasteiger partial charge >= 0.3 is 6.16 Å². The highest BCUT2D eigenvalue weighted by molar-refractivity contribution is 6.42. The van der Waals surface area contributed by atoms with Crippen LogP contribution in [0.5, 0.6) is 5.75 Å². The molecule has 1 aromatic rings. The monoisotopic (exact) mass is 234 g/mol. The fourth-order valence-corrected chi connectivity index (χ4v) is 1.13. The first-order chi connectivity index (χ1) is 6.65. The average Bonchev–Trinajstić information content (AvgIpc) is 2.13. The molecule has 0 aromatic heterocycles. The minimum absolute atomic E-state index is 0.192. The molecule has 0 aliphatic carbocycles. The van der Waals surface area contributed by atoms with E-state index in [1.807, 2.05) is 0 Å². The number of hydrogen-bond acceptors (Lipinski definition) is 3. The van der Waals surface area contributed by atoms with Gasteiger partial charge in [0, 0.05) is 0 Å². The van der Waals surface area contributed by atoms with Crippen molar-refractivity contribution in [3.63, 3.8) is 0 Å². The van der Waals surface area contributed by atoms with Crippen LogP contribution in [0.25, 0.3) is 0 Å². The predicted octanol–water partition coefficient (Wildman–Crippen LogP) is 3.53. The second-order valence-electron chi connectivity index (χ2n) is 2.34. The molecule has 1 aromatic carbocycles. The van der Waals surface area contributed by atoms with Crippen LogP contribution in [0.4, 0.5) is 4.79 Å². The van der Waals surface area contributed by atoms with Gasteiger partial charge in [0.2, 0.25) is 0 Å². The fraction of sp³-hybridized carbons (Fsp3) is 0.222. The number of hydrogen-bond donors (Lipinski definition) is 0. The molecule has 1 rings (SSSR count). The summed E-state index contributed by atoms with van der Waals surface area (Å²) in [4.78, 5) is 10.9. The highest BCUT2D eigenvalue weighted by Crippen LogP contribution is 2.31. The summed E-state index contributed by atoms with van der Waals surface area (Å²) in [6.45, 7) is 1.93. The Balaban J connectivity index is 2.76. The van der Waals surface area contributed by atoms with E-state index in [1.54, 1.807) is 19.1 Å². The summed E-state index contributed by atoms with van der Waals surface area (Å²) >= 11 is 11.5. The molecule has 0 unspecified atom stereocenters. The summed E-state index contributed by atoms with van der Waals surface area (Å²) in [5, 5.41) is 0.524. The van der Waals surface area contributed by atoms with Crippen LogP contribution in [-0.2, 0) is 4.74 Å². The lowest BCUT2D eigenvalue weighted by atomic mass is 10.3. The van der Waals surface area contributed by atoms with Gasteiger partial charge in [-0.05, 0) is 19.1 Å². The van der Waals surface area contributed by atoms with Crippen molar-refractivity contribution >= 4 is 29.4 Å². The van der Waals surface area contributed by atoms with Gasteiger partial charge in [-0.1, -0.05) is 29.3 Å². The van der Waals surface area contributed by atoms with Gasteiger partial charge in [0.15, 0.2) is 5.75 Å². The van der Waals surface area contributed by atoms with Crippen molar-refractivity contribution < 1.29 is 14.3 Å². The molecular weight excluding hydrogens is 227 g/mol. The maximum Gasteiger partial charge on any atom is 0.513 e. The van der Waals surface area contributed by atoms with Gasteiger partial charge in [0.05, 0.1) is 11.6 Å². The van der Waals surface area contributed by atoms with Crippen LogP contribution in [0.3, 0.4) is 0 Å². The van der Waals surface area contributed by atoms with Gasteiger partial charge < -0.3 is 9.47 Å². The van der Waals surface area contributed by atoms with Gasteiger partial charge in [-0.3, -0.25) is 0 Å². The minimum Gasteiger partial charge on any atom is -0.434 e. The van der Waals surface area contributed by atoms with E-state index >= 15 is 0 Å². The zero-order valence-corrected chi connectivity index (χ0v) is 8.93. The summed E-state index contributed by atoms with van der Waals surface area (Å²) < 4.78 is 9.37. The maximum atomic E-state index is 10.9. The van der Waals surface area contributed by atoms with Gasteiger partial charge in [-0.25, -0.2) is 4.79 Å². The number of carbonyl (C=O) groups excluding carboxylic acids is 1. The van der Waals surface area contributed by atoms with E-state index in [-0.39, 0.29) is 17.4 Å². The molecule has 0 saturated heterocycles. The lowest BCUT2D eigenvalue weighted by Gasteiger charge is -2.05. The molecule has 0 heterocycles. The van der Waals surface area contributed by atoms with Crippen LogP contribution in [0.2, 0.25) is 10.0 Å². The molecule has 14 heavy (non-hydrogen) atoms. The molecule has 0 atom stereocenters. The van der Waals surface area contributed by atoms with Crippen molar-refractivity contribution in [1.29, 1.82) is 0 Å². The van der Waals surface area contributed by atoms with Crippen molar-refractivity contribution in [2.24, 2.45) is 0 Å². The van der Waals surface area contributed by atoms with Crippen molar-refractivity contribution in [3.8, 4) is 5.75 Å². The molecule has 5 heteroatoms. The Morgan fingerprint density at radius 3 is 2.79 bits per heavy atom. The van der Waals surface area contributed by atoms with Gasteiger partial charge in [-0.2, -0.15) is 0 Å². The number of ether oxygens (including phenoxy) is 2. The molecule has 0 aliphatic heterocycles. The Kier molecular flexibility index (Phi) is 4.04. The van der Waals surface area contributed by atoms with Crippen LogP contribution in [0.15, 0.2) is 18.2 Å². The molecule has 76 valence electrons. The zero-order valence-electron chi connectivity index (χ0n) is 7.42. The van der Waals surface area contributed by atoms with Gasteiger partial charge in [0.25, 0.3) is 0 Å². The van der Waals surface area contributed by atoms with E-state index in [4.69, 9.17) is 27.9 Å². The third kappa shape index (κ3) is 2.79. The van der Waals surface area contributed by atoms with E-state index in [2.05, 4.69) is 4.74 Å². The Hall–Kier alpha value is -0.930. The van der Waals surface area contributed by atoms with Gasteiger partial charge in [-0.15, -0.1) is 0 Å². The van der Waals surface area contributed by atoms with E-state index in [0.29, 0.717) is 5.02 Å². The SMILES string of the molecule is CCOC(=O)Oc1cccc(Cl)c1Cl. The highest BCUT2D eigenvalue weighted by atomic mass is 35.5. The van der Waals surface area contributed by atoms with E-state index in [1.165, 1.54) is 6.07 Å². The number of carbonyl (C=O) groups is 1. The fourth-order valence-electron chi connectivity index (χ4n) is 0.800. The zero-order chi connectivity index (χ0) is 10.6. The second kappa shape index (κ2) is 5.08. The smallest absolute Gasteiger partial charge is 0.434 e. The van der Waals surface area contributed by atoms with Crippen molar-refractivity contribution in [3.05, 3.63) is 28.2 Å². The van der Waals surface area contributed by atoms with Gasteiger partial charge in [0.1, 0.15) is 5.02 Å². The molecule has 0 bridgehead atoms. The van der Waals surface area contributed by atoms with Crippen LogP contribution in [-0.4, -0.2) is 12.8 Å². The van der Waals surface area contributed by atoms with E-state index in [9.17, 15) is 4.79 Å². The predicted molar refractivity (Wildman–Crippen MR) is 54.1 cm³/mol. The molecule has 0 amide bonds. The summed E-state index contributed by atoms with van der Waals surface area (Å²) in [6, 6.07) is 4.76. The topological polar surface area (TPSA) is 35.5 Å². The average molecular weight is 235 g/mol. The second-order valence-corrected chi connectivity index (χ2v) is 3.12. The Bertz CT molecular complexity index is 339. The van der Waals surface area contributed by atoms with Crippen LogP contribution in [0, 0.1) is 0 Å². The Morgan fingerprint density at radius 2 is 2.14 bits per heavy atom. The van der Waals surface area contributed by atoms with Crippen molar-refractivity contribution in [2.45, 2.75) is 6.92 Å². The van der Waals surface area contributed by atoms with Crippen LogP contribution >= 0.6 is 23.2 Å². The maximum absolute atomic E-state index is 10.9. The summed E-state index contributed by atoms with van der Waals surface area (Å²) in [7, 11) is 0. The Morgan fingerprint density at radius 1 is 1.43 bits per heavy atom. The molecule has 0 N–H and O–H groups in total. The normalized spacial score (nSPS) is 9.64. The first kappa shape index (κ1) is 11.1. The standard InChI is InChI=1S/C9H8Cl2O3/c1-2-13-9(12)14-7-5-3-4-6(10)8(7)11/h3-5H,2H2,1H3. The number of halogens is 2. The third-order valence-corrected chi connectivity index (χ3v) is 2.17. The van der Waals surface area contributed by atoms with E-state index in [0.717, 1.165) is 0 Å². The lowest BCUT2D eigenvalue weighted by Crippen LogP contribution is -2.10. The molecule has 0 aliphatic rings. The molecule has 0 radical (unpaired) electrons. The van der Waals surface area contributed by atoms with Crippen LogP contribution in [0.1, 0.15) is 6.92 Å². The first-order valence-corrected chi connectivity index (χ1v) is 4.69. The quantitative estimate of drug-likeness (QED) is 0.581. The molecular formula is C9H8Cl2O3. The third-order valence-electron chi connectivity index (χ3n) is 1.37. The van der Waals surface area contributed by atoms with Crippen LogP contribution < -0.4 is 4.74 Å². The highest BCUT2D eigenvalue weighted by Gasteiger charge is 2.10. The van der Waals surface area contributed by atoms with Crippen molar-refractivity contribution in [2.75, 3.05) is 6.61 Å². The largest absolute Gasteiger partial charge is 0.513 e. The molecule has 0 fully saturated rings. The number of benzene rings is 1. The minimum atomic E-state index is -0.795. The summed E-state index contributed by atoms with van der Waals surface area (Å²) in [5.74, 6) is 0.192. The summed E-state index contributed by atoms with van der Waals surface area (Å²) in [6.07, 6.45) is -0.795. The molecule has 0 saturated carbocycles. The first-order valence-electron chi connectivity index (χ1n) is 3.93. The molecule has 3 nitrogen and oxygen atoms in total. The lowest BCUT2D eigenvalue weighted by molar-refractivity contribution is 0.104. The molecule has 0 spiro atoms. The summed E-state index contributed by atoms with van der Waals surface area (Å²) in [5.41, 5.74) is 0. The van der Waals surface area contributed by atoms with E-state index < -0.39 is 6.16 Å². The Labute approximate surface area is 91.5 Å². The number of rotatable bonds is 2. The van der Waals surface area contributed by atoms with Crippen molar-refractivity contribution in [1.82, 2.24) is 0 Å².